The highest BCUT2D eigenvalue weighted by atomic mass is 35.5. The van der Waals surface area contributed by atoms with E-state index in [1.165, 1.54) is 18.0 Å². The Morgan fingerprint density at radius 1 is 1.38 bits per heavy atom. The van der Waals surface area contributed by atoms with Gasteiger partial charge in [-0.25, -0.2) is 0 Å². The Hall–Kier alpha value is -2.21. The van der Waals surface area contributed by atoms with Gasteiger partial charge >= 0.3 is 0 Å². The van der Waals surface area contributed by atoms with E-state index in [1.54, 1.807) is 18.2 Å². The first-order valence-electron chi connectivity index (χ1n) is 6.28. The van der Waals surface area contributed by atoms with E-state index in [-0.39, 0.29) is 12.5 Å². The summed E-state index contributed by atoms with van der Waals surface area (Å²) in [6.45, 7) is 0.778. The van der Waals surface area contributed by atoms with E-state index < -0.39 is 5.91 Å². The molecule has 1 aliphatic heterocycles. The van der Waals surface area contributed by atoms with Crippen molar-refractivity contribution in [1.29, 1.82) is 0 Å². The van der Waals surface area contributed by atoms with Gasteiger partial charge in [-0.15, -0.1) is 0 Å². The topological polar surface area (TPSA) is 81.9 Å². The van der Waals surface area contributed by atoms with Gasteiger partial charge in [-0.2, -0.15) is 0 Å². The van der Waals surface area contributed by atoms with Crippen LogP contribution in [0.15, 0.2) is 18.2 Å². The number of ether oxygens (including phenoxy) is 2. The monoisotopic (exact) mass is 310 g/mol. The molecule has 0 radical (unpaired) electrons. The normalized spacial score (nSPS) is 13.2. The summed E-state index contributed by atoms with van der Waals surface area (Å²) in [5, 5.41) is 0.421. The number of amides is 2. The summed E-state index contributed by atoms with van der Waals surface area (Å²) < 4.78 is 10.9. The average molecular weight is 311 g/mol. The van der Waals surface area contributed by atoms with Gasteiger partial charge in [-0.05, 0) is 23.8 Å². The van der Waals surface area contributed by atoms with E-state index in [1.807, 2.05) is 0 Å². The Labute approximate surface area is 127 Å². The molecule has 2 N–H and O–H groups in total. The molecule has 0 fully saturated rings. The number of carbonyl (C=O) groups is 2. The third-order valence-electron chi connectivity index (χ3n) is 2.81. The summed E-state index contributed by atoms with van der Waals surface area (Å²) in [6.07, 6.45) is 2.93. The molecule has 1 heterocycles. The molecule has 21 heavy (non-hydrogen) atoms. The van der Waals surface area contributed by atoms with Crippen LogP contribution in [0, 0.1) is 0 Å². The average Bonchev–Trinajstić information content (AvgIpc) is 2.44. The quantitative estimate of drug-likeness (QED) is 0.843. The molecular formula is C14H15ClN2O4. The number of halogens is 1. The number of benzene rings is 1. The van der Waals surface area contributed by atoms with Crippen LogP contribution in [0.5, 0.6) is 11.5 Å². The van der Waals surface area contributed by atoms with Gasteiger partial charge in [0.2, 0.25) is 11.8 Å². The predicted molar refractivity (Wildman–Crippen MR) is 78.3 cm³/mol. The maximum Gasteiger partial charge on any atom is 0.246 e. The first-order valence-corrected chi connectivity index (χ1v) is 6.66. The molecule has 112 valence electrons. The minimum Gasteiger partial charge on any atom is -0.486 e. The Balaban J connectivity index is 2.12. The van der Waals surface area contributed by atoms with E-state index in [4.69, 9.17) is 26.8 Å². The van der Waals surface area contributed by atoms with Gasteiger partial charge < -0.3 is 20.1 Å². The second kappa shape index (κ2) is 6.49. The standard InChI is InChI=1S/C14H15ClN2O4/c1-17(8-12(16)18)13(19)3-2-9-6-10(15)14-11(7-9)20-4-5-21-14/h2-3,6-7H,4-5,8H2,1H3,(H2,16,18). The molecule has 0 atom stereocenters. The largest absolute Gasteiger partial charge is 0.486 e. The fraction of sp³-hybridized carbons (Fsp3) is 0.286. The summed E-state index contributed by atoms with van der Waals surface area (Å²) in [5.74, 6) is 0.157. The Morgan fingerprint density at radius 3 is 2.81 bits per heavy atom. The molecular weight excluding hydrogens is 296 g/mol. The molecule has 2 amide bonds. The molecule has 0 saturated carbocycles. The van der Waals surface area contributed by atoms with Crippen LogP contribution in [-0.4, -0.2) is 43.5 Å². The summed E-state index contributed by atoms with van der Waals surface area (Å²) in [7, 11) is 1.49. The molecule has 0 unspecified atom stereocenters. The summed E-state index contributed by atoms with van der Waals surface area (Å²) in [6, 6.07) is 3.41. The lowest BCUT2D eigenvalue weighted by Crippen LogP contribution is -2.34. The smallest absolute Gasteiger partial charge is 0.246 e. The van der Waals surface area contributed by atoms with Crippen molar-refractivity contribution in [2.45, 2.75) is 0 Å². The Morgan fingerprint density at radius 2 is 2.10 bits per heavy atom. The lowest BCUT2D eigenvalue weighted by atomic mass is 10.1. The number of carbonyl (C=O) groups excluding carboxylic acids is 2. The molecule has 0 aromatic heterocycles. The fourth-order valence-corrected chi connectivity index (χ4v) is 2.11. The number of rotatable bonds is 4. The van der Waals surface area contributed by atoms with E-state index in [9.17, 15) is 9.59 Å². The van der Waals surface area contributed by atoms with Crippen molar-refractivity contribution >= 4 is 29.5 Å². The summed E-state index contributed by atoms with van der Waals surface area (Å²) in [4.78, 5) is 23.7. The van der Waals surface area contributed by atoms with Gasteiger partial charge in [0.25, 0.3) is 0 Å². The number of hydrogen-bond acceptors (Lipinski definition) is 4. The van der Waals surface area contributed by atoms with Crippen molar-refractivity contribution in [3.05, 3.63) is 28.8 Å². The van der Waals surface area contributed by atoms with Crippen molar-refractivity contribution < 1.29 is 19.1 Å². The number of nitrogens with zero attached hydrogens (tertiary/aromatic N) is 1. The predicted octanol–water partition coefficient (Wildman–Crippen LogP) is 1.07. The number of fused-ring (bicyclic) bond motifs is 1. The van der Waals surface area contributed by atoms with Crippen LogP contribution < -0.4 is 15.2 Å². The Bertz CT molecular complexity index is 601. The van der Waals surface area contributed by atoms with Crippen LogP contribution in [0.1, 0.15) is 5.56 Å². The zero-order valence-electron chi connectivity index (χ0n) is 11.5. The van der Waals surface area contributed by atoms with E-state index in [2.05, 4.69) is 0 Å². The van der Waals surface area contributed by atoms with Crippen LogP contribution >= 0.6 is 11.6 Å². The van der Waals surface area contributed by atoms with Crippen LogP contribution in [0.2, 0.25) is 5.02 Å². The minimum absolute atomic E-state index is 0.134. The molecule has 0 spiro atoms. The zero-order valence-corrected chi connectivity index (χ0v) is 12.2. The first kappa shape index (κ1) is 15.2. The van der Waals surface area contributed by atoms with E-state index in [0.717, 1.165) is 0 Å². The maximum absolute atomic E-state index is 11.8. The van der Waals surface area contributed by atoms with Crippen LogP contribution in [0.4, 0.5) is 0 Å². The number of likely N-dealkylation sites (N-methyl/N-ethyl adjacent to an activating group) is 1. The van der Waals surface area contributed by atoms with Gasteiger partial charge in [0.05, 0.1) is 11.6 Å². The minimum atomic E-state index is -0.568. The highest BCUT2D eigenvalue weighted by Crippen LogP contribution is 2.38. The second-order valence-electron chi connectivity index (χ2n) is 4.52. The lowest BCUT2D eigenvalue weighted by Gasteiger charge is -2.19. The number of nitrogens with two attached hydrogens (primary N) is 1. The molecule has 0 aliphatic carbocycles. The molecule has 1 aliphatic rings. The van der Waals surface area contributed by atoms with Crippen molar-refractivity contribution in [1.82, 2.24) is 4.90 Å². The number of hydrogen-bond donors (Lipinski definition) is 1. The third kappa shape index (κ3) is 3.88. The first-order chi connectivity index (χ1) is 9.97. The van der Waals surface area contributed by atoms with E-state index >= 15 is 0 Å². The van der Waals surface area contributed by atoms with E-state index in [0.29, 0.717) is 35.3 Å². The summed E-state index contributed by atoms with van der Waals surface area (Å²) in [5.41, 5.74) is 5.73. The molecule has 0 saturated heterocycles. The van der Waals surface area contributed by atoms with Gasteiger partial charge in [0.15, 0.2) is 11.5 Å². The molecule has 6 nitrogen and oxygen atoms in total. The van der Waals surface area contributed by atoms with Gasteiger partial charge in [-0.1, -0.05) is 11.6 Å². The lowest BCUT2D eigenvalue weighted by molar-refractivity contribution is -0.129. The molecule has 1 aromatic carbocycles. The zero-order chi connectivity index (χ0) is 15.4. The fourth-order valence-electron chi connectivity index (χ4n) is 1.83. The van der Waals surface area contributed by atoms with Gasteiger partial charge in [-0.3, -0.25) is 9.59 Å². The van der Waals surface area contributed by atoms with Crippen molar-refractivity contribution in [3.8, 4) is 11.5 Å². The SMILES string of the molecule is CN(CC(N)=O)C(=O)C=Cc1cc(Cl)c2c(c1)OCCO2. The van der Waals surface area contributed by atoms with Crippen LogP contribution in [-0.2, 0) is 9.59 Å². The third-order valence-corrected chi connectivity index (χ3v) is 3.09. The summed E-state index contributed by atoms with van der Waals surface area (Å²) >= 11 is 6.10. The van der Waals surface area contributed by atoms with Crippen molar-refractivity contribution in [2.75, 3.05) is 26.8 Å². The number of primary amides is 1. The maximum atomic E-state index is 11.8. The van der Waals surface area contributed by atoms with Crippen molar-refractivity contribution in [2.24, 2.45) is 5.73 Å². The van der Waals surface area contributed by atoms with Crippen LogP contribution in [0.3, 0.4) is 0 Å². The van der Waals surface area contributed by atoms with Gasteiger partial charge in [0.1, 0.15) is 13.2 Å². The van der Waals surface area contributed by atoms with Crippen LogP contribution in [0.25, 0.3) is 6.08 Å². The molecule has 2 rings (SSSR count). The highest BCUT2D eigenvalue weighted by Gasteiger charge is 2.16. The second-order valence-corrected chi connectivity index (χ2v) is 4.93. The molecule has 1 aromatic rings. The Kier molecular flexibility index (Phi) is 4.70. The highest BCUT2D eigenvalue weighted by molar-refractivity contribution is 6.32. The molecule has 0 bridgehead atoms. The molecule has 7 heteroatoms. The van der Waals surface area contributed by atoms with Crippen molar-refractivity contribution in [3.63, 3.8) is 0 Å². The van der Waals surface area contributed by atoms with Gasteiger partial charge in [0, 0.05) is 13.1 Å².